The molecule has 0 radical (unpaired) electrons. The summed E-state index contributed by atoms with van der Waals surface area (Å²) in [6.45, 7) is 0.657. The predicted octanol–water partition coefficient (Wildman–Crippen LogP) is 5.94. The van der Waals surface area contributed by atoms with E-state index < -0.39 is 0 Å². The Labute approximate surface area is 238 Å². The van der Waals surface area contributed by atoms with Crippen molar-refractivity contribution in [1.29, 1.82) is 0 Å². The third-order valence-corrected chi connectivity index (χ3v) is 7.58. The molecule has 204 valence electrons. The van der Waals surface area contributed by atoms with Crippen molar-refractivity contribution in [2.24, 2.45) is 0 Å². The topological polar surface area (TPSA) is 84.0 Å². The highest BCUT2D eigenvalue weighted by atomic mass is 16.5. The van der Waals surface area contributed by atoms with Crippen molar-refractivity contribution in [2.45, 2.75) is 25.7 Å². The number of carbonyl (C=O) groups is 4. The molecular formula is C34H28N2O5. The van der Waals surface area contributed by atoms with Gasteiger partial charge in [-0.3, -0.25) is 29.0 Å². The summed E-state index contributed by atoms with van der Waals surface area (Å²) in [5.74, 6) is 0.441. The van der Waals surface area contributed by atoms with Crippen molar-refractivity contribution >= 4 is 23.6 Å². The third kappa shape index (κ3) is 5.02. The van der Waals surface area contributed by atoms with Crippen LogP contribution in [0.4, 0.5) is 0 Å². The number of hydrogen-bond acceptors (Lipinski definition) is 5. The van der Waals surface area contributed by atoms with Crippen LogP contribution in [-0.4, -0.2) is 46.5 Å². The number of para-hydroxylation sites is 2. The summed E-state index contributed by atoms with van der Waals surface area (Å²) in [5.41, 5.74) is 3.79. The number of carbonyl (C=O) groups excluding carboxylic acids is 4. The number of fused-ring (bicyclic) bond motifs is 2. The first-order valence-electron chi connectivity index (χ1n) is 13.8. The van der Waals surface area contributed by atoms with Gasteiger partial charge in [-0.15, -0.1) is 0 Å². The zero-order chi connectivity index (χ0) is 28.3. The molecule has 4 aromatic carbocycles. The van der Waals surface area contributed by atoms with E-state index in [9.17, 15) is 19.2 Å². The Morgan fingerprint density at radius 2 is 0.756 bits per heavy atom. The predicted molar refractivity (Wildman–Crippen MR) is 153 cm³/mol. The highest BCUT2D eigenvalue weighted by molar-refractivity contribution is 6.22. The Morgan fingerprint density at radius 1 is 0.439 bits per heavy atom. The van der Waals surface area contributed by atoms with Gasteiger partial charge in [0.2, 0.25) is 0 Å². The Hall–Kier alpha value is -5.04. The molecule has 4 amide bonds. The van der Waals surface area contributed by atoms with E-state index in [-0.39, 0.29) is 23.6 Å². The van der Waals surface area contributed by atoms with Gasteiger partial charge in [0, 0.05) is 13.1 Å². The molecule has 0 saturated carbocycles. The molecule has 7 heteroatoms. The summed E-state index contributed by atoms with van der Waals surface area (Å²) in [4.78, 5) is 53.4. The van der Waals surface area contributed by atoms with E-state index in [2.05, 4.69) is 0 Å². The van der Waals surface area contributed by atoms with Gasteiger partial charge in [-0.1, -0.05) is 60.7 Å². The second kappa shape index (κ2) is 11.2. The molecule has 41 heavy (non-hydrogen) atoms. The van der Waals surface area contributed by atoms with E-state index >= 15 is 0 Å². The van der Waals surface area contributed by atoms with E-state index in [0.29, 0.717) is 72.5 Å². The van der Waals surface area contributed by atoms with Crippen molar-refractivity contribution in [3.8, 4) is 11.5 Å². The fraction of sp³-hybridized carbons (Fsp3) is 0.176. The molecule has 2 aliphatic heterocycles. The van der Waals surface area contributed by atoms with Gasteiger partial charge in [0.15, 0.2) is 0 Å². The minimum atomic E-state index is -0.245. The molecule has 2 heterocycles. The van der Waals surface area contributed by atoms with E-state index in [1.807, 2.05) is 48.5 Å². The summed E-state index contributed by atoms with van der Waals surface area (Å²) < 4.78 is 6.38. The first kappa shape index (κ1) is 26.2. The van der Waals surface area contributed by atoms with Gasteiger partial charge in [-0.2, -0.15) is 0 Å². The van der Waals surface area contributed by atoms with Gasteiger partial charge >= 0.3 is 0 Å². The number of ether oxygens (including phenoxy) is 1. The summed E-state index contributed by atoms with van der Waals surface area (Å²) >= 11 is 0. The van der Waals surface area contributed by atoms with Gasteiger partial charge in [0.1, 0.15) is 11.5 Å². The largest absolute Gasteiger partial charge is 0.457 e. The first-order chi connectivity index (χ1) is 20.0. The SMILES string of the molecule is O=C1c2ccccc2C(=O)N1CCCc1ccccc1Oc1ccccc1CCCN1C(=O)c2ccccc2C1=O. The Balaban J connectivity index is 1.08. The summed E-state index contributed by atoms with van der Waals surface area (Å²) in [5, 5.41) is 0. The maximum absolute atomic E-state index is 12.7. The minimum Gasteiger partial charge on any atom is -0.457 e. The zero-order valence-electron chi connectivity index (χ0n) is 22.4. The molecule has 0 N–H and O–H groups in total. The molecule has 6 rings (SSSR count). The lowest BCUT2D eigenvalue weighted by Crippen LogP contribution is -2.31. The second-order valence-electron chi connectivity index (χ2n) is 10.1. The summed E-state index contributed by atoms with van der Waals surface area (Å²) in [6, 6.07) is 29.3. The normalized spacial score (nSPS) is 14.0. The molecule has 0 bridgehead atoms. The Morgan fingerprint density at radius 3 is 1.12 bits per heavy atom. The number of hydrogen-bond donors (Lipinski definition) is 0. The Bertz CT molecular complexity index is 1480. The van der Waals surface area contributed by atoms with Gasteiger partial charge in [0.25, 0.3) is 23.6 Å². The monoisotopic (exact) mass is 544 g/mol. The molecule has 2 aliphatic rings. The number of benzene rings is 4. The van der Waals surface area contributed by atoms with Crippen LogP contribution in [0.5, 0.6) is 11.5 Å². The summed E-state index contributed by atoms with van der Waals surface area (Å²) in [6.07, 6.45) is 2.47. The highest BCUT2D eigenvalue weighted by Crippen LogP contribution is 2.31. The molecular weight excluding hydrogens is 516 g/mol. The van der Waals surface area contributed by atoms with Crippen LogP contribution in [0, 0.1) is 0 Å². The smallest absolute Gasteiger partial charge is 0.261 e. The molecule has 7 nitrogen and oxygen atoms in total. The van der Waals surface area contributed by atoms with Gasteiger partial charge in [0.05, 0.1) is 22.3 Å². The van der Waals surface area contributed by atoms with E-state index in [1.165, 1.54) is 9.80 Å². The van der Waals surface area contributed by atoms with Crippen molar-refractivity contribution in [1.82, 2.24) is 9.80 Å². The van der Waals surface area contributed by atoms with E-state index in [4.69, 9.17) is 4.74 Å². The zero-order valence-corrected chi connectivity index (χ0v) is 22.4. The van der Waals surface area contributed by atoms with Gasteiger partial charge < -0.3 is 4.74 Å². The van der Waals surface area contributed by atoms with Crippen LogP contribution in [0.25, 0.3) is 0 Å². The lowest BCUT2D eigenvalue weighted by molar-refractivity contribution is 0.0637. The van der Waals surface area contributed by atoms with E-state index in [1.54, 1.807) is 48.5 Å². The quantitative estimate of drug-likeness (QED) is 0.231. The lowest BCUT2D eigenvalue weighted by Gasteiger charge is -2.17. The molecule has 0 unspecified atom stereocenters. The van der Waals surface area contributed by atoms with Crippen LogP contribution in [0.3, 0.4) is 0 Å². The minimum absolute atomic E-state index is 0.245. The van der Waals surface area contributed by atoms with Crippen LogP contribution in [0.1, 0.15) is 65.4 Å². The average Bonchev–Trinajstić information content (AvgIpc) is 3.39. The molecule has 0 atom stereocenters. The molecule has 0 aromatic heterocycles. The second-order valence-corrected chi connectivity index (χ2v) is 10.1. The Kier molecular flexibility index (Phi) is 7.17. The molecule has 0 aliphatic carbocycles. The maximum Gasteiger partial charge on any atom is 0.261 e. The fourth-order valence-electron chi connectivity index (χ4n) is 5.48. The van der Waals surface area contributed by atoms with Crippen LogP contribution < -0.4 is 4.74 Å². The van der Waals surface area contributed by atoms with Crippen LogP contribution in [0.2, 0.25) is 0 Å². The van der Waals surface area contributed by atoms with Crippen LogP contribution in [-0.2, 0) is 12.8 Å². The lowest BCUT2D eigenvalue weighted by atomic mass is 10.1. The van der Waals surface area contributed by atoms with Crippen molar-refractivity contribution in [2.75, 3.05) is 13.1 Å². The molecule has 0 spiro atoms. The number of amides is 4. The molecule has 0 saturated heterocycles. The van der Waals surface area contributed by atoms with Gasteiger partial charge in [-0.05, 0) is 73.2 Å². The first-order valence-corrected chi connectivity index (χ1v) is 13.8. The third-order valence-electron chi connectivity index (χ3n) is 7.58. The van der Waals surface area contributed by atoms with Gasteiger partial charge in [-0.25, -0.2) is 0 Å². The van der Waals surface area contributed by atoms with Crippen molar-refractivity contribution in [3.63, 3.8) is 0 Å². The fourth-order valence-corrected chi connectivity index (χ4v) is 5.48. The number of nitrogens with zero attached hydrogens (tertiary/aromatic N) is 2. The standard InChI is InChI=1S/C34H28N2O5/c37-31-25-15-3-4-16-26(25)32(38)35(31)21-9-13-23-11-1-7-19-29(23)41-30-20-8-2-12-24(30)14-10-22-36-33(39)27-17-5-6-18-28(27)34(36)40/h1-8,11-12,15-20H,9-10,13-14,21-22H2. The highest BCUT2D eigenvalue weighted by Gasteiger charge is 2.35. The van der Waals surface area contributed by atoms with Crippen molar-refractivity contribution in [3.05, 3.63) is 130 Å². The molecule has 4 aromatic rings. The summed E-state index contributed by atoms with van der Waals surface area (Å²) in [7, 11) is 0. The van der Waals surface area contributed by atoms with E-state index in [0.717, 1.165) is 11.1 Å². The average molecular weight is 545 g/mol. The van der Waals surface area contributed by atoms with Crippen LogP contribution in [0.15, 0.2) is 97.1 Å². The maximum atomic E-state index is 12.7. The van der Waals surface area contributed by atoms with Crippen molar-refractivity contribution < 1.29 is 23.9 Å². The number of imide groups is 2. The number of aryl methyl sites for hydroxylation is 2. The molecule has 0 fully saturated rings. The van der Waals surface area contributed by atoms with Crippen LogP contribution >= 0.6 is 0 Å². The number of rotatable bonds is 10.